The zero-order valence-electron chi connectivity index (χ0n) is 7.28. The van der Waals surface area contributed by atoms with E-state index in [1.807, 2.05) is 0 Å². The molecule has 0 fully saturated rings. The third-order valence-electron chi connectivity index (χ3n) is 1.78. The predicted octanol–water partition coefficient (Wildman–Crippen LogP) is -3.20. The Hall–Kier alpha value is -0.240. The van der Waals surface area contributed by atoms with E-state index in [1.54, 1.807) is 0 Å². The average Bonchev–Trinajstić information content (AvgIpc) is 2.12. The maximum atomic E-state index is 9.13. The van der Waals surface area contributed by atoms with Crippen LogP contribution < -0.4 is 0 Å². The molecule has 0 amide bonds. The molecule has 0 heterocycles. The lowest BCUT2D eigenvalue weighted by atomic mass is 10.0. The lowest BCUT2D eigenvalue weighted by Crippen LogP contribution is -2.49. The minimum atomic E-state index is -1.69. The Morgan fingerprint density at radius 3 is 1.62 bits per heavy atom. The van der Waals surface area contributed by atoms with Crippen molar-refractivity contribution in [2.24, 2.45) is 0 Å². The minimum absolute atomic E-state index is 0.731. The Bertz CT molecular complexity index is 139. The molecule has 0 saturated carbocycles. The molecule has 6 nitrogen and oxygen atoms in total. The fraction of sp³-hybridized carbons (Fsp3) is 1.00. The summed E-state index contributed by atoms with van der Waals surface area (Å²) in [7, 11) is 0. The highest BCUT2D eigenvalue weighted by Crippen LogP contribution is 2.07. The zero-order chi connectivity index (χ0) is 10.6. The fourth-order valence-electron chi connectivity index (χ4n) is 0.823. The first kappa shape index (κ1) is 12.8. The van der Waals surface area contributed by atoms with E-state index in [-0.39, 0.29) is 0 Å². The third-order valence-corrected chi connectivity index (χ3v) is 1.78. The summed E-state index contributed by atoms with van der Waals surface area (Å²) in [6.45, 7) is 0.497. The molecule has 0 saturated heterocycles. The molecule has 80 valence electrons. The second-order valence-electron chi connectivity index (χ2n) is 2.96. The summed E-state index contributed by atoms with van der Waals surface area (Å²) >= 11 is 0. The summed E-state index contributed by atoms with van der Waals surface area (Å²) in [5, 5.41) is 53.4. The molecule has 3 unspecified atom stereocenters. The van der Waals surface area contributed by atoms with Crippen molar-refractivity contribution in [1.82, 2.24) is 0 Å². The lowest BCUT2D eigenvalue weighted by molar-refractivity contribution is -0.137. The van der Waals surface area contributed by atoms with Gasteiger partial charge >= 0.3 is 0 Å². The quantitative estimate of drug-likeness (QED) is 0.275. The SMILES string of the molecule is CC(O)[C@H](O)C(O)C(O)[C@H](O)CO. The molecular weight excluding hydrogens is 180 g/mol. The molecule has 6 N–H and O–H groups in total. The number of rotatable bonds is 5. The molecule has 0 aliphatic rings. The van der Waals surface area contributed by atoms with Gasteiger partial charge in [-0.05, 0) is 6.92 Å². The van der Waals surface area contributed by atoms with Gasteiger partial charge in [-0.2, -0.15) is 0 Å². The number of hydrogen-bond donors (Lipinski definition) is 6. The summed E-state index contributed by atoms with van der Waals surface area (Å²) in [5.41, 5.74) is 0. The number of hydrogen-bond acceptors (Lipinski definition) is 6. The van der Waals surface area contributed by atoms with Crippen molar-refractivity contribution in [3.8, 4) is 0 Å². The molecule has 5 atom stereocenters. The van der Waals surface area contributed by atoms with Gasteiger partial charge in [0.05, 0.1) is 12.7 Å². The minimum Gasteiger partial charge on any atom is -0.394 e. The standard InChI is InChI=1S/C7H16O6/c1-3(9)5(11)7(13)6(12)4(10)2-8/h3-13H,2H2,1H3/t3?,4-,5+,6?,7?/m1/s1. The van der Waals surface area contributed by atoms with Gasteiger partial charge in [-0.1, -0.05) is 0 Å². The van der Waals surface area contributed by atoms with Crippen LogP contribution in [0.3, 0.4) is 0 Å². The first-order chi connectivity index (χ1) is 5.91. The van der Waals surface area contributed by atoms with Gasteiger partial charge in [-0.3, -0.25) is 0 Å². The van der Waals surface area contributed by atoms with Gasteiger partial charge in [0, 0.05) is 0 Å². The Kier molecular flexibility index (Phi) is 5.38. The van der Waals surface area contributed by atoms with Gasteiger partial charge < -0.3 is 30.6 Å². The van der Waals surface area contributed by atoms with Crippen LogP contribution >= 0.6 is 0 Å². The van der Waals surface area contributed by atoms with Gasteiger partial charge in [0.2, 0.25) is 0 Å². The topological polar surface area (TPSA) is 121 Å². The maximum Gasteiger partial charge on any atom is 0.111 e. The molecule has 0 aliphatic heterocycles. The molecular formula is C7H16O6. The molecule has 13 heavy (non-hydrogen) atoms. The van der Waals surface area contributed by atoms with E-state index < -0.39 is 37.1 Å². The first-order valence-corrected chi connectivity index (χ1v) is 3.93. The van der Waals surface area contributed by atoms with Crippen molar-refractivity contribution in [1.29, 1.82) is 0 Å². The Morgan fingerprint density at radius 2 is 1.31 bits per heavy atom. The van der Waals surface area contributed by atoms with Crippen molar-refractivity contribution in [3.05, 3.63) is 0 Å². The summed E-state index contributed by atoms with van der Waals surface area (Å²) in [5.74, 6) is 0. The maximum absolute atomic E-state index is 9.13. The molecule has 0 aromatic carbocycles. The van der Waals surface area contributed by atoms with E-state index in [4.69, 9.17) is 30.6 Å². The van der Waals surface area contributed by atoms with Gasteiger partial charge in [0.1, 0.15) is 24.4 Å². The molecule has 6 heteroatoms. The third kappa shape index (κ3) is 3.55. The van der Waals surface area contributed by atoms with Crippen molar-refractivity contribution in [2.45, 2.75) is 37.4 Å². The molecule has 0 spiro atoms. The molecule has 0 bridgehead atoms. The average molecular weight is 196 g/mol. The van der Waals surface area contributed by atoms with Gasteiger partial charge in [0.25, 0.3) is 0 Å². The number of aliphatic hydroxyl groups is 6. The second-order valence-corrected chi connectivity index (χ2v) is 2.96. The monoisotopic (exact) mass is 196 g/mol. The highest BCUT2D eigenvalue weighted by atomic mass is 16.4. The molecule has 0 radical (unpaired) electrons. The Balaban J connectivity index is 4.15. The Labute approximate surface area is 75.7 Å². The highest BCUT2D eigenvalue weighted by molar-refractivity contribution is 4.82. The van der Waals surface area contributed by atoms with Crippen molar-refractivity contribution < 1.29 is 30.6 Å². The van der Waals surface area contributed by atoms with E-state index in [1.165, 1.54) is 6.92 Å². The summed E-state index contributed by atoms with van der Waals surface area (Å²) in [6.07, 6.45) is -7.70. The molecule has 0 aromatic heterocycles. The van der Waals surface area contributed by atoms with Crippen LogP contribution in [-0.4, -0.2) is 67.8 Å². The summed E-state index contributed by atoms with van der Waals surface area (Å²) in [4.78, 5) is 0. The lowest BCUT2D eigenvalue weighted by Gasteiger charge is -2.26. The second kappa shape index (κ2) is 5.48. The fourth-order valence-corrected chi connectivity index (χ4v) is 0.823. The molecule has 0 aromatic rings. The van der Waals surface area contributed by atoms with Crippen LogP contribution in [0.5, 0.6) is 0 Å². The van der Waals surface area contributed by atoms with E-state index in [0.29, 0.717) is 0 Å². The van der Waals surface area contributed by atoms with Crippen molar-refractivity contribution in [2.75, 3.05) is 6.61 Å². The smallest absolute Gasteiger partial charge is 0.111 e. The van der Waals surface area contributed by atoms with Crippen LogP contribution in [-0.2, 0) is 0 Å². The first-order valence-electron chi connectivity index (χ1n) is 3.93. The van der Waals surface area contributed by atoms with Crippen molar-refractivity contribution >= 4 is 0 Å². The van der Waals surface area contributed by atoms with E-state index in [9.17, 15) is 0 Å². The van der Waals surface area contributed by atoms with Gasteiger partial charge in [0.15, 0.2) is 0 Å². The van der Waals surface area contributed by atoms with Gasteiger partial charge in [-0.15, -0.1) is 0 Å². The van der Waals surface area contributed by atoms with Crippen LogP contribution in [0.15, 0.2) is 0 Å². The van der Waals surface area contributed by atoms with Crippen LogP contribution in [0, 0.1) is 0 Å². The van der Waals surface area contributed by atoms with E-state index >= 15 is 0 Å². The predicted molar refractivity (Wildman–Crippen MR) is 42.8 cm³/mol. The van der Waals surface area contributed by atoms with Gasteiger partial charge in [-0.25, -0.2) is 0 Å². The Morgan fingerprint density at radius 1 is 0.846 bits per heavy atom. The largest absolute Gasteiger partial charge is 0.394 e. The normalized spacial score (nSPS) is 23.3. The van der Waals surface area contributed by atoms with E-state index in [2.05, 4.69) is 0 Å². The van der Waals surface area contributed by atoms with Crippen LogP contribution in [0.4, 0.5) is 0 Å². The van der Waals surface area contributed by atoms with Crippen LogP contribution in [0.1, 0.15) is 6.92 Å². The molecule has 0 aliphatic carbocycles. The summed E-state index contributed by atoms with van der Waals surface area (Å²) in [6, 6.07) is 0. The van der Waals surface area contributed by atoms with Crippen LogP contribution in [0.25, 0.3) is 0 Å². The zero-order valence-corrected chi connectivity index (χ0v) is 7.28. The van der Waals surface area contributed by atoms with E-state index in [0.717, 1.165) is 0 Å². The van der Waals surface area contributed by atoms with Crippen molar-refractivity contribution in [3.63, 3.8) is 0 Å². The van der Waals surface area contributed by atoms with Crippen LogP contribution in [0.2, 0.25) is 0 Å². The highest BCUT2D eigenvalue weighted by Gasteiger charge is 2.32. The number of aliphatic hydroxyl groups excluding tert-OH is 6. The summed E-state index contributed by atoms with van der Waals surface area (Å²) < 4.78 is 0. The molecule has 0 rings (SSSR count).